The fourth-order valence-corrected chi connectivity index (χ4v) is 3.42. The van der Waals surface area contributed by atoms with Gasteiger partial charge in [0.1, 0.15) is 0 Å². The fraction of sp³-hybridized carbons (Fsp3) is 0.600. The van der Waals surface area contributed by atoms with Gasteiger partial charge in [-0.2, -0.15) is 0 Å². The van der Waals surface area contributed by atoms with Gasteiger partial charge in [0.2, 0.25) is 0 Å². The maximum absolute atomic E-state index is 11.9. The van der Waals surface area contributed by atoms with Crippen LogP contribution in [-0.2, 0) is 24.5 Å². The number of hydrogen-bond donors (Lipinski definition) is 0. The molecule has 5 nitrogen and oxygen atoms in total. The zero-order valence-electron chi connectivity index (χ0n) is 15.5. The highest BCUT2D eigenvalue weighted by atomic mass is 35.5. The minimum Gasteiger partial charge on any atom is -0.466 e. The second-order valence-electron chi connectivity index (χ2n) is 6.49. The number of rotatable bonds is 9. The molecule has 0 aromatic heterocycles. The lowest BCUT2D eigenvalue weighted by atomic mass is 9.83. The molecule has 2 rings (SSSR count). The molecule has 0 spiro atoms. The Hall–Kier alpha value is -1.32. The number of halogens is 2. The van der Waals surface area contributed by atoms with Crippen molar-refractivity contribution in [2.75, 3.05) is 19.8 Å². The van der Waals surface area contributed by atoms with Crippen LogP contribution in [0.25, 0.3) is 4.85 Å². The van der Waals surface area contributed by atoms with Crippen LogP contribution in [0.4, 0.5) is 0 Å². The Bertz CT molecular complexity index is 670. The molecule has 2 unspecified atom stereocenters. The maximum Gasteiger partial charge on any atom is 0.306 e. The largest absolute Gasteiger partial charge is 0.466 e. The number of ether oxygens (including phenoxy) is 3. The Kier molecular flexibility index (Phi) is 8.85. The molecular formula is C20H25Cl2NO4. The number of benzene rings is 1. The third-order valence-corrected chi connectivity index (χ3v) is 5.42. The molecule has 0 amide bonds. The average Bonchev–Trinajstić information content (AvgIpc) is 2.68. The molecule has 1 aromatic rings. The van der Waals surface area contributed by atoms with Gasteiger partial charge in [0, 0.05) is 18.6 Å². The topological polar surface area (TPSA) is 49.1 Å². The number of carbonyl (C=O) groups is 1. The molecule has 0 bridgehead atoms. The monoisotopic (exact) mass is 413 g/mol. The molecule has 1 aromatic carbocycles. The van der Waals surface area contributed by atoms with Gasteiger partial charge in [0.25, 0.3) is 5.54 Å². The summed E-state index contributed by atoms with van der Waals surface area (Å²) in [6, 6.07) is 5.16. The molecule has 1 saturated heterocycles. The van der Waals surface area contributed by atoms with Gasteiger partial charge in [-0.15, -0.1) is 0 Å². The second kappa shape index (κ2) is 10.9. The molecule has 1 aliphatic rings. The molecule has 0 radical (unpaired) electrons. The Morgan fingerprint density at radius 3 is 2.78 bits per heavy atom. The molecule has 1 fully saturated rings. The summed E-state index contributed by atoms with van der Waals surface area (Å²) in [5, 5.41) is 0.811. The SMILES string of the molecule is [C-]#[N+]C(CCOC1CCCCO1)(CCC(=O)OCC)c1ccc(Cl)c(Cl)c1. The van der Waals surface area contributed by atoms with Crippen LogP contribution < -0.4 is 0 Å². The predicted octanol–water partition coefficient (Wildman–Crippen LogP) is 5.38. The predicted molar refractivity (Wildman–Crippen MR) is 105 cm³/mol. The summed E-state index contributed by atoms with van der Waals surface area (Å²) in [6.07, 6.45) is 3.66. The summed E-state index contributed by atoms with van der Waals surface area (Å²) in [5.74, 6) is -0.317. The van der Waals surface area contributed by atoms with E-state index in [2.05, 4.69) is 4.85 Å². The molecule has 1 heterocycles. The fourth-order valence-electron chi connectivity index (χ4n) is 3.12. The smallest absolute Gasteiger partial charge is 0.306 e. The van der Waals surface area contributed by atoms with E-state index < -0.39 is 5.54 Å². The summed E-state index contributed by atoms with van der Waals surface area (Å²) < 4.78 is 16.4. The van der Waals surface area contributed by atoms with Gasteiger partial charge in [-0.25, -0.2) is 6.57 Å². The van der Waals surface area contributed by atoms with E-state index in [1.165, 1.54) is 0 Å². The highest BCUT2D eigenvalue weighted by Gasteiger charge is 2.40. The lowest BCUT2D eigenvalue weighted by molar-refractivity contribution is -0.164. The van der Waals surface area contributed by atoms with E-state index in [1.54, 1.807) is 25.1 Å². The zero-order valence-corrected chi connectivity index (χ0v) is 17.0. The lowest BCUT2D eigenvalue weighted by Crippen LogP contribution is -2.28. The van der Waals surface area contributed by atoms with Gasteiger partial charge in [0.15, 0.2) is 6.29 Å². The Balaban J connectivity index is 2.13. The van der Waals surface area contributed by atoms with Crippen LogP contribution in [0.15, 0.2) is 18.2 Å². The Morgan fingerprint density at radius 1 is 1.33 bits per heavy atom. The van der Waals surface area contributed by atoms with Crippen molar-refractivity contribution in [2.45, 2.75) is 57.3 Å². The standard InChI is InChI=1S/C20H25Cl2NO4/c1-3-25-18(24)9-10-20(23-2,15-7-8-16(21)17(22)14-15)11-13-27-19-6-4-5-12-26-19/h7-8,14,19H,3-6,9-13H2,1H3. The van der Waals surface area contributed by atoms with Crippen molar-refractivity contribution in [2.24, 2.45) is 0 Å². The highest BCUT2D eigenvalue weighted by molar-refractivity contribution is 6.42. The van der Waals surface area contributed by atoms with Crippen molar-refractivity contribution in [1.29, 1.82) is 0 Å². The van der Waals surface area contributed by atoms with Gasteiger partial charge in [-0.1, -0.05) is 23.2 Å². The molecule has 0 N–H and O–H groups in total. The van der Waals surface area contributed by atoms with Crippen LogP contribution in [0.1, 0.15) is 51.0 Å². The first-order valence-electron chi connectivity index (χ1n) is 9.23. The van der Waals surface area contributed by atoms with E-state index in [-0.39, 0.29) is 18.7 Å². The third-order valence-electron chi connectivity index (χ3n) is 4.68. The highest BCUT2D eigenvalue weighted by Crippen LogP contribution is 2.38. The number of nitrogens with zero attached hydrogens (tertiary/aromatic N) is 1. The summed E-state index contributed by atoms with van der Waals surface area (Å²) in [6.45, 7) is 11.0. The normalized spacial score (nSPS) is 19.1. The number of esters is 1. The lowest BCUT2D eigenvalue weighted by Gasteiger charge is -2.26. The molecule has 148 valence electrons. The minimum absolute atomic E-state index is 0.149. The quantitative estimate of drug-likeness (QED) is 0.402. The zero-order chi connectivity index (χ0) is 19.7. The first-order valence-corrected chi connectivity index (χ1v) is 9.99. The first kappa shape index (κ1) is 22.0. The Morgan fingerprint density at radius 2 is 2.15 bits per heavy atom. The van der Waals surface area contributed by atoms with E-state index >= 15 is 0 Å². The first-order chi connectivity index (χ1) is 13.0. The molecule has 1 aliphatic heterocycles. The molecule has 0 aliphatic carbocycles. The van der Waals surface area contributed by atoms with Crippen LogP contribution in [0.3, 0.4) is 0 Å². The van der Waals surface area contributed by atoms with Crippen molar-refractivity contribution in [1.82, 2.24) is 0 Å². The van der Waals surface area contributed by atoms with Gasteiger partial charge in [-0.3, -0.25) is 4.79 Å². The van der Waals surface area contributed by atoms with E-state index in [9.17, 15) is 4.79 Å². The summed E-state index contributed by atoms with van der Waals surface area (Å²) in [5.41, 5.74) is -0.209. The van der Waals surface area contributed by atoms with Gasteiger partial charge in [-0.05, 0) is 44.4 Å². The van der Waals surface area contributed by atoms with Crippen molar-refractivity contribution >= 4 is 29.2 Å². The molecule has 2 atom stereocenters. The molecular weight excluding hydrogens is 389 g/mol. The van der Waals surface area contributed by atoms with E-state index in [1.807, 2.05) is 0 Å². The number of carbonyl (C=O) groups excluding carboxylic acids is 1. The summed E-state index contributed by atoms with van der Waals surface area (Å²) >= 11 is 12.2. The van der Waals surface area contributed by atoms with Crippen LogP contribution in [0, 0.1) is 6.57 Å². The third kappa shape index (κ3) is 6.36. The number of hydrogen-bond acceptors (Lipinski definition) is 4. The van der Waals surface area contributed by atoms with Crippen LogP contribution in [0.5, 0.6) is 0 Å². The summed E-state index contributed by atoms with van der Waals surface area (Å²) in [7, 11) is 0. The Labute approximate surface area is 170 Å². The minimum atomic E-state index is -0.935. The van der Waals surface area contributed by atoms with Crippen molar-refractivity contribution < 1.29 is 19.0 Å². The van der Waals surface area contributed by atoms with Crippen LogP contribution in [-0.4, -0.2) is 32.1 Å². The molecule has 27 heavy (non-hydrogen) atoms. The van der Waals surface area contributed by atoms with Crippen molar-refractivity contribution in [3.05, 3.63) is 45.2 Å². The van der Waals surface area contributed by atoms with E-state index in [0.717, 1.165) is 24.8 Å². The van der Waals surface area contributed by atoms with Crippen molar-refractivity contribution in [3.63, 3.8) is 0 Å². The van der Waals surface area contributed by atoms with Gasteiger partial charge >= 0.3 is 5.97 Å². The summed E-state index contributed by atoms with van der Waals surface area (Å²) in [4.78, 5) is 15.8. The van der Waals surface area contributed by atoms with Crippen LogP contribution >= 0.6 is 23.2 Å². The molecule has 7 heteroatoms. The van der Waals surface area contributed by atoms with Gasteiger partial charge < -0.3 is 19.1 Å². The van der Waals surface area contributed by atoms with Gasteiger partial charge in [0.05, 0.1) is 36.1 Å². The van der Waals surface area contributed by atoms with Crippen LogP contribution in [0.2, 0.25) is 10.0 Å². The average molecular weight is 414 g/mol. The van der Waals surface area contributed by atoms with E-state index in [4.69, 9.17) is 44.0 Å². The molecule has 0 saturated carbocycles. The van der Waals surface area contributed by atoms with Crippen molar-refractivity contribution in [3.8, 4) is 0 Å². The van der Waals surface area contributed by atoms with E-state index in [0.29, 0.717) is 42.7 Å². The second-order valence-corrected chi connectivity index (χ2v) is 7.31. The maximum atomic E-state index is 11.9.